The number of aryl methyl sites for hydroxylation is 2. The molecule has 1 N–H and O–H groups in total. The number of ether oxygens (including phenoxy) is 1. The zero-order valence-electron chi connectivity index (χ0n) is 13.6. The fraction of sp³-hybridized carbons (Fsp3) is 0.556. The third kappa shape index (κ3) is 6.89. The van der Waals surface area contributed by atoms with Gasteiger partial charge in [-0.05, 0) is 37.9 Å². The quantitative estimate of drug-likeness (QED) is 0.531. The summed E-state index contributed by atoms with van der Waals surface area (Å²) in [4.78, 5) is 2.30. The summed E-state index contributed by atoms with van der Waals surface area (Å²) in [6.45, 7) is 13.4. The summed E-state index contributed by atoms with van der Waals surface area (Å²) < 4.78 is 5.32. The summed E-state index contributed by atoms with van der Waals surface area (Å²) in [6.07, 6.45) is 2.32. The molecule has 0 heterocycles. The highest BCUT2D eigenvalue weighted by Gasteiger charge is 2.13. The Morgan fingerprint density at radius 3 is 2.81 bits per heavy atom. The summed E-state index contributed by atoms with van der Waals surface area (Å²) in [6, 6.07) is 6.54. The molecule has 0 fully saturated rings. The van der Waals surface area contributed by atoms with Crippen molar-refractivity contribution >= 4 is 0 Å². The van der Waals surface area contributed by atoms with Crippen molar-refractivity contribution in [2.45, 2.75) is 39.8 Å². The van der Waals surface area contributed by atoms with Crippen LogP contribution in [0.5, 0.6) is 0 Å². The number of hydrogen-bond donors (Lipinski definition) is 1. The summed E-state index contributed by atoms with van der Waals surface area (Å²) in [5, 5.41) is 10.1. The van der Waals surface area contributed by atoms with E-state index in [1.807, 2.05) is 0 Å². The van der Waals surface area contributed by atoms with Gasteiger partial charge in [-0.15, -0.1) is 6.58 Å². The van der Waals surface area contributed by atoms with Crippen LogP contribution >= 0.6 is 0 Å². The zero-order valence-corrected chi connectivity index (χ0v) is 13.6. The molecule has 0 saturated carbocycles. The van der Waals surface area contributed by atoms with E-state index in [9.17, 15) is 5.11 Å². The Hall–Kier alpha value is -1.16. The molecule has 1 atom stereocenters. The van der Waals surface area contributed by atoms with Crippen LogP contribution in [0.15, 0.2) is 30.9 Å². The van der Waals surface area contributed by atoms with E-state index >= 15 is 0 Å². The number of hydrogen-bond acceptors (Lipinski definition) is 3. The monoisotopic (exact) mass is 291 g/mol. The van der Waals surface area contributed by atoms with Gasteiger partial charge in [0, 0.05) is 13.1 Å². The van der Waals surface area contributed by atoms with Crippen LogP contribution in [0, 0.1) is 13.8 Å². The molecule has 1 rings (SSSR count). The molecule has 0 aliphatic heterocycles. The number of rotatable bonds is 10. The topological polar surface area (TPSA) is 32.7 Å². The van der Waals surface area contributed by atoms with Crippen LogP contribution in [-0.4, -0.2) is 42.4 Å². The lowest BCUT2D eigenvalue weighted by Gasteiger charge is -2.25. The van der Waals surface area contributed by atoms with Gasteiger partial charge in [0.25, 0.3) is 0 Å². The number of aliphatic hydroxyl groups is 1. The van der Waals surface area contributed by atoms with Crippen LogP contribution in [0.3, 0.4) is 0 Å². The highest BCUT2D eigenvalue weighted by Crippen LogP contribution is 2.14. The van der Waals surface area contributed by atoms with E-state index in [1.54, 1.807) is 6.08 Å². The highest BCUT2D eigenvalue weighted by atomic mass is 16.5. The summed E-state index contributed by atoms with van der Waals surface area (Å²) in [5.74, 6) is 0. The number of nitrogens with zero attached hydrogens (tertiary/aromatic N) is 1. The van der Waals surface area contributed by atoms with Crippen LogP contribution in [0.25, 0.3) is 0 Å². The molecule has 0 amide bonds. The van der Waals surface area contributed by atoms with Crippen molar-refractivity contribution in [2.24, 2.45) is 0 Å². The van der Waals surface area contributed by atoms with E-state index in [1.165, 1.54) is 16.7 Å². The van der Waals surface area contributed by atoms with Crippen molar-refractivity contribution < 1.29 is 9.84 Å². The molecule has 1 aromatic rings. The number of aliphatic hydroxyl groups excluding tert-OH is 1. The highest BCUT2D eigenvalue weighted by molar-refractivity contribution is 5.30. The van der Waals surface area contributed by atoms with Crippen molar-refractivity contribution in [3.8, 4) is 0 Å². The SMILES string of the molecule is C=CCOC[C@H](O)CN(CCC)Cc1cc(C)ccc1C. The maximum atomic E-state index is 10.1. The fourth-order valence-corrected chi connectivity index (χ4v) is 2.40. The standard InChI is InChI=1S/C18H29NO2/c1-5-9-19(13-18(20)14-21-10-6-2)12-17-11-15(3)7-8-16(17)4/h6-8,11,18,20H,2,5,9-10,12-14H2,1,3-4H3/t18-/m1/s1. The van der Waals surface area contributed by atoms with Gasteiger partial charge in [0.2, 0.25) is 0 Å². The third-order valence-electron chi connectivity index (χ3n) is 3.45. The Balaban J connectivity index is 2.59. The van der Waals surface area contributed by atoms with Gasteiger partial charge in [0.05, 0.1) is 19.3 Å². The van der Waals surface area contributed by atoms with Crippen molar-refractivity contribution in [1.29, 1.82) is 0 Å². The first-order chi connectivity index (χ1) is 10.1. The average molecular weight is 291 g/mol. The molecule has 0 saturated heterocycles. The molecule has 21 heavy (non-hydrogen) atoms. The summed E-state index contributed by atoms with van der Waals surface area (Å²) in [5.41, 5.74) is 3.92. The van der Waals surface area contributed by atoms with Gasteiger partial charge in [-0.1, -0.05) is 36.8 Å². The third-order valence-corrected chi connectivity index (χ3v) is 3.45. The molecule has 0 aliphatic rings. The van der Waals surface area contributed by atoms with Crippen molar-refractivity contribution in [3.05, 3.63) is 47.5 Å². The number of benzene rings is 1. The predicted molar refractivity (Wildman–Crippen MR) is 88.5 cm³/mol. The fourth-order valence-electron chi connectivity index (χ4n) is 2.40. The molecule has 0 bridgehead atoms. The molecular weight excluding hydrogens is 262 g/mol. The van der Waals surface area contributed by atoms with Crippen molar-refractivity contribution in [3.63, 3.8) is 0 Å². The first-order valence-corrected chi connectivity index (χ1v) is 7.72. The van der Waals surface area contributed by atoms with Gasteiger partial charge in [-0.25, -0.2) is 0 Å². The Labute approximate surface area is 129 Å². The van der Waals surface area contributed by atoms with Crippen molar-refractivity contribution in [2.75, 3.05) is 26.3 Å². The van der Waals surface area contributed by atoms with E-state index in [0.717, 1.165) is 19.5 Å². The maximum Gasteiger partial charge on any atom is 0.0900 e. The van der Waals surface area contributed by atoms with Gasteiger partial charge >= 0.3 is 0 Å². The van der Waals surface area contributed by atoms with Crippen LogP contribution in [-0.2, 0) is 11.3 Å². The Kier molecular flexibility index (Phi) is 8.28. The molecule has 0 unspecified atom stereocenters. The average Bonchev–Trinajstić information content (AvgIpc) is 2.43. The van der Waals surface area contributed by atoms with E-state index < -0.39 is 6.10 Å². The molecule has 3 heteroatoms. The second-order valence-electron chi connectivity index (χ2n) is 5.65. The normalized spacial score (nSPS) is 12.6. The lowest BCUT2D eigenvalue weighted by Crippen LogP contribution is -2.35. The van der Waals surface area contributed by atoms with E-state index in [2.05, 4.69) is 50.4 Å². The second-order valence-corrected chi connectivity index (χ2v) is 5.65. The first-order valence-electron chi connectivity index (χ1n) is 7.72. The minimum absolute atomic E-state index is 0.360. The van der Waals surface area contributed by atoms with E-state index in [0.29, 0.717) is 19.8 Å². The molecule has 118 valence electrons. The molecular formula is C18H29NO2. The van der Waals surface area contributed by atoms with Gasteiger partial charge in [-0.2, -0.15) is 0 Å². The minimum Gasteiger partial charge on any atom is -0.389 e. The Bertz CT molecular complexity index is 431. The summed E-state index contributed by atoms with van der Waals surface area (Å²) >= 11 is 0. The van der Waals surface area contributed by atoms with E-state index in [4.69, 9.17) is 4.74 Å². The van der Waals surface area contributed by atoms with Crippen molar-refractivity contribution in [1.82, 2.24) is 4.90 Å². The predicted octanol–water partition coefficient (Wildman–Crippen LogP) is 3.08. The molecule has 0 aromatic heterocycles. The van der Waals surface area contributed by atoms with Gasteiger partial charge in [-0.3, -0.25) is 4.90 Å². The maximum absolute atomic E-state index is 10.1. The van der Waals surface area contributed by atoms with Gasteiger partial charge in [0.15, 0.2) is 0 Å². The first kappa shape index (κ1) is 17.9. The smallest absolute Gasteiger partial charge is 0.0900 e. The van der Waals surface area contributed by atoms with E-state index in [-0.39, 0.29) is 0 Å². The van der Waals surface area contributed by atoms with Gasteiger partial charge in [0.1, 0.15) is 0 Å². The van der Waals surface area contributed by atoms with Crippen LogP contribution in [0.4, 0.5) is 0 Å². The largest absolute Gasteiger partial charge is 0.389 e. The zero-order chi connectivity index (χ0) is 15.7. The molecule has 0 radical (unpaired) electrons. The molecule has 0 spiro atoms. The van der Waals surface area contributed by atoms with Crippen LogP contribution in [0.1, 0.15) is 30.0 Å². The second kappa shape index (κ2) is 9.72. The minimum atomic E-state index is -0.457. The van der Waals surface area contributed by atoms with Crippen LogP contribution in [0.2, 0.25) is 0 Å². The Morgan fingerprint density at radius 1 is 1.38 bits per heavy atom. The van der Waals surface area contributed by atoms with Gasteiger partial charge < -0.3 is 9.84 Å². The summed E-state index contributed by atoms with van der Waals surface area (Å²) in [7, 11) is 0. The molecule has 0 aliphatic carbocycles. The Morgan fingerprint density at radius 2 is 2.14 bits per heavy atom. The lowest BCUT2D eigenvalue weighted by molar-refractivity contribution is 0.0246. The molecule has 3 nitrogen and oxygen atoms in total. The van der Waals surface area contributed by atoms with Crippen LogP contribution < -0.4 is 0 Å². The molecule has 1 aromatic carbocycles. The lowest BCUT2D eigenvalue weighted by atomic mass is 10.0.